The number of aryl methyl sites for hydroxylation is 1. The van der Waals surface area contributed by atoms with E-state index in [0.29, 0.717) is 5.56 Å². The molecule has 0 nitrogen and oxygen atoms in total. The van der Waals surface area contributed by atoms with E-state index in [1.807, 2.05) is 0 Å². The van der Waals surface area contributed by atoms with E-state index in [2.05, 4.69) is 38.5 Å². The van der Waals surface area contributed by atoms with Crippen LogP contribution in [0.2, 0.25) is 0 Å². The molecule has 0 aromatic heterocycles. The zero-order chi connectivity index (χ0) is 13.3. The zero-order valence-corrected chi connectivity index (χ0v) is 13.3. The third-order valence-electron chi connectivity index (χ3n) is 2.71. The Morgan fingerprint density at radius 1 is 1.11 bits per heavy atom. The van der Waals surface area contributed by atoms with Gasteiger partial charge in [-0.25, -0.2) is 8.78 Å². The molecule has 1 atom stereocenters. The SMILES string of the molecule is Cc1cc(C(Br)c2ccc(F)cc2I)ccc1F. The van der Waals surface area contributed by atoms with Crippen molar-refractivity contribution < 1.29 is 8.78 Å². The van der Waals surface area contributed by atoms with Crippen molar-refractivity contribution in [1.82, 2.24) is 0 Å². The number of hydrogen-bond donors (Lipinski definition) is 0. The highest BCUT2D eigenvalue weighted by atomic mass is 127. The molecule has 1 unspecified atom stereocenters. The highest BCUT2D eigenvalue weighted by Gasteiger charge is 2.14. The Morgan fingerprint density at radius 3 is 2.44 bits per heavy atom. The van der Waals surface area contributed by atoms with Gasteiger partial charge in [-0.1, -0.05) is 34.1 Å². The maximum absolute atomic E-state index is 13.2. The standard InChI is InChI=1S/C14H10BrF2I/c1-8-6-9(2-5-12(8)17)14(15)11-4-3-10(16)7-13(11)18/h2-7,14H,1H3. The van der Waals surface area contributed by atoms with Crippen LogP contribution in [0.4, 0.5) is 8.78 Å². The van der Waals surface area contributed by atoms with Crippen LogP contribution in [0.1, 0.15) is 21.5 Å². The summed E-state index contributed by atoms with van der Waals surface area (Å²) in [4.78, 5) is -0.0655. The van der Waals surface area contributed by atoms with Crippen LogP contribution in [0.15, 0.2) is 36.4 Å². The Bertz CT molecular complexity index is 584. The van der Waals surface area contributed by atoms with Gasteiger partial charge in [-0.05, 0) is 64.4 Å². The minimum absolute atomic E-state index is 0.0655. The predicted octanol–water partition coefficient (Wildman–Crippen LogP) is 5.36. The molecule has 0 N–H and O–H groups in total. The molecule has 18 heavy (non-hydrogen) atoms. The fourth-order valence-corrected chi connectivity index (χ4v) is 3.61. The van der Waals surface area contributed by atoms with Gasteiger partial charge < -0.3 is 0 Å². The minimum Gasteiger partial charge on any atom is -0.207 e. The summed E-state index contributed by atoms with van der Waals surface area (Å²) >= 11 is 5.68. The highest BCUT2D eigenvalue weighted by molar-refractivity contribution is 14.1. The second kappa shape index (κ2) is 5.65. The summed E-state index contributed by atoms with van der Waals surface area (Å²) in [6.07, 6.45) is 0. The lowest BCUT2D eigenvalue weighted by molar-refractivity contribution is 0.617. The molecule has 0 amide bonds. The summed E-state index contributed by atoms with van der Waals surface area (Å²) in [5, 5.41) is 0. The van der Waals surface area contributed by atoms with Crippen LogP contribution in [0.5, 0.6) is 0 Å². The van der Waals surface area contributed by atoms with Crippen molar-refractivity contribution in [1.29, 1.82) is 0 Å². The van der Waals surface area contributed by atoms with E-state index in [0.717, 1.165) is 14.7 Å². The molecule has 0 bridgehead atoms. The van der Waals surface area contributed by atoms with Gasteiger partial charge in [0.1, 0.15) is 11.6 Å². The Hall–Kier alpha value is -0.490. The summed E-state index contributed by atoms with van der Waals surface area (Å²) < 4.78 is 27.1. The number of benzene rings is 2. The first-order valence-electron chi connectivity index (χ1n) is 5.34. The first kappa shape index (κ1) is 13.9. The zero-order valence-electron chi connectivity index (χ0n) is 9.55. The van der Waals surface area contributed by atoms with Crippen molar-refractivity contribution in [3.05, 3.63) is 68.3 Å². The quantitative estimate of drug-likeness (QED) is 0.451. The number of halogens is 4. The van der Waals surface area contributed by atoms with Crippen molar-refractivity contribution in [2.75, 3.05) is 0 Å². The fourth-order valence-electron chi connectivity index (χ4n) is 1.71. The summed E-state index contributed by atoms with van der Waals surface area (Å²) in [5.74, 6) is -0.467. The van der Waals surface area contributed by atoms with Gasteiger partial charge in [0.05, 0.1) is 4.83 Å². The van der Waals surface area contributed by atoms with E-state index in [1.54, 1.807) is 25.1 Å². The van der Waals surface area contributed by atoms with Gasteiger partial charge in [0.15, 0.2) is 0 Å². The number of rotatable bonds is 2. The van der Waals surface area contributed by atoms with Gasteiger partial charge in [-0.15, -0.1) is 0 Å². The summed E-state index contributed by atoms with van der Waals surface area (Å²) in [5.41, 5.74) is 2.54. The van der Waals surface area contributed by atoms with E-state index in [9.17, 15) is 8.78 Å². The second-order valence-corrected chi connectivity index (χ2v) is 6.11. The van der Waals surface area contributed by atoms with Gasteiger partial charge in [0.25, 0.3) is 0 Å². The number of hydrogen-bond acceptors (Lipinski definition) is 0. The molecule has 4 heteroatoms. The third-order valence-corrected chi connectivity index (χ3v) is 4.67. The van der Waals surface area contributed by atoms with E-state index in [-0.39, 0.29) is 16.5 Å². The van der Waals surface area contributed by atoms with Crippen molar-refractivity contribution >= 4 is 38.5 Å². The molecule has 0 aliphatic carbocycles. The van der Waals surface area contributed by atoms with Crippen molar-refractivity contribution in [2.45, 2.75) is 11.8 Å². The molecule has 0 fully saturated rings. The molecule has 2 aromatic rings. The van der Waals surface area contributed by atoms with Gasteiger partial charge >= 0.3 is 0 Å². The molecule has 0 radical (unpaired) electrons. The molecule has 94 valence electrons. The third kappa shape index (κ3) is 2.91. The summed E-state index contributed by atoms with van der Waals surface area (Å²) in [6, 6.07) is 9.66. The predicted molar refractivity (Wildman–Crippen MR) is 81.0 cm³/mol. The minimum atomic E-state index is -0.252. The van der Waals surface area contributed by atoms with E-state index >= 15 is 0 Å². The van der Waals surface area contributed by atoms with Crippen LogP contribution in [-0.4, -0.2) is 0 Å². The Labute approximate surface area is 127 Å². The van der Waals surface area contributed by atoms with Gasteiger partial charge in [-0.3, -0.25) is 0 Å². The first-order chi connectivity index (χ1) is 8.49. The average Bonchev–Trinajstić information content (AvgIpc) is 2.32. The normalized spacial score (nSPS) is 12.5. The first-order valence-corrected chi connectivity index (χ1v) is 7.33. The van der Waals surface area contributed by atoms with Crippen LogP contribution in [0.3, 0.4) is 0 Å². The Kier molecular flexibility index (Phi) is 4.37. The second-order valence-electron chi connectivity index (χ2n) is 4.04. The average molecular weight is 423 g/mol. The molecular formula is C14H10BrF2I. The summed E-state index contributed by atoms with van der Waals surface area (Å²) in [6.45, 7) is 1.73. The maximum Gasteiger partial charge on any atom is 0.126 e. The highest BCUT2D eigenvalue weighted by Crippen LogP contribution is 2.34. The largest absolute Gasteiger partial charge is 0.207 e. The van der Waals surface area contributed by atoms with Crippen molar-refractivity contribution in [3.8, 4) is 0 Å². The van der Waals surface area contributed by atoms with E-state index in [4.69, 9.17) is 0 Å². The van der Waals surface area contributed by atoms with Crippen LogP contribution < -0.4 is 0 Å². The van der Waals surface area contributed by atoms with Crippen LogP contribution in [0.25, 0.3) is 0 Å². The monoisotopic (exact) mass is 422 g/mol. The lowest BCUT2D eigenvalue weighted by Crippen LogP contribution is -1.98. The number of alkyl halides is 1. The van der Waals surface area contributed by atoms with Gasteiger partial charge in [0, 0.05) is 3.57 Å². The summed E-state index contributed by atoms with van der Waals surface area (Å²) in [7, 11) is 0. The molecule has 0 saturated carbocycles. The van der Waals surface area contributed by atoms with E-state index in [1.165, 1.54) is 18.2 Å². The Balaban J connectivity index is 2.41. The maximum atomic E-state index is 13.2. The van der Waals surface area contributed by atoms with Crippen LogP contribution in [-0.2, 0) is 0 Å². The lowest BCUT2D eigenvalue weighted by atomic mass is 10.0. The van der Waals surface area contributed by atoms with Crippen LogP contribution >= 0.6 is 38.5 Å². The molecule has 0 spiro atoms. The van der Waals surface area contributed by atoms with E-state index < -0.39 is 0 Å². The smallest absolute Gasteiger partial charge is 0.126 e. The fraction of sp³-hybridized carbons (Fsp3) is 0.143. The molecule has 0 saturated heterocycles. The van der Waals surface area contributed by atoms with Gasteiger partial charge in [0.2, 0.25) is 0 Å². The van der Waals surface area contributed by atoms with Crippen molar-refractivity contribution in [2.24, 2.45) is 0 Å². The Morgan fingerprint density at radius 2 is 1.83 bits per heavy atom. The molecule has 2 rings (SSSR count). The molecule has 0 aliphatic rings. The molecule has 0 heterocycles. The lowest BCUT2D eigenvalue weighted by Gasteiger charge is -2.13. The van der Waals surface area contributed by atoms with Gasteiger partial charge in [-0.2, -0.15) is 0 Å². The van der Waals surface area contributed by atoms with Crippen molar-refractivity contribution in [3.63, 3.8) is 0 Å². The van der Waals surface area contributed by atoms with Crippen LogP contribution in [0, 0.1) is 22.1 Å². The molecule has 2 aromatic carbocycles. The topological polar surface area (TPSA) is 0 Å². The molecule has 0 aliphatic heterocycles. The molecular weight excluding hydrogens is 413 g/mol.